The SMILES string of the molecule is CS(=O)(=O)N1CC(O)CC1C(=O)NC(CCCN=C(N)N)C(=O)c1nc2ccccc2s1. The van der Waals surface area contributed by atoms with Crippen LogP contribution in [0.25, 0.3) is 10.2 Å². The molecule has 1 aromatic carbocycles. The van der Waals surface area contributed by atoms with Crippen LogP contribution in [-0.2, 0) is 14.8 Å². The predicted octanol–water partition coefficient (Wildman–Crippen LogP) is -0.588. The molecule has 1 aliphatic heterocycles. The number of aliphatic imine (C=N–C) groups is 1. The lowest BCUT2D eigenvalue weighted by molar-refractivity contribution is -0.124. The lowest BCUT2D eigenvalue weighted by Crippen LogP contribution is -2.50. The number of hydrogen-bond acceptors (Lipinski definition) is 8. The first-order valence-corrected chi connectivity index (χ1v) is 12.6. The fourth-order valence-corrected chi connectivity index (χ4v) is 5.60. The molecule has 3 atom stereocenters. The summed E-state index contributed by atoms with van der Waals surface area (Å²) in [7, 11) is -3.71. The molecule has 1 aromatic heterocycles. The van der Waals surface area contributed by atoms with E-state index in [0.29, 0.717) is 11.9 Å². The number of sulfonamides is 1. The van der Waals surface area contributed by atoms with Crippen molar-refractivity contribution in [3.63, 3.8) is 0 Å². The fraction of sp³-hybridized carbons (Fsp3) is 0.474. The van der Waals surface area contributed by atoms with Gasteiger partial charge in [-0.1, -0.05) is 12.1 Å². The van der Waals surface area contributed by atoms with Crippen molar-refractivity contribution >= 4 is 49.2 Å². The first-order valence-electron chi connectivity index (χ1n) is 9.96. The molecule has 174 valence electrons. The molecule has 1 fully saturated rings. The van der Waals surface area contributed by atoms with Crippen LogP contribution in [0.3, 0.4) is 0 Å². The van der Waals surface area contributed by atoms with Gasteiger partial charge in [-0.05, 0) is 25.0 Å². The quantitative estimate of drug-likeness (QED) is 0.158. The van der Waals surface area contributed by atoms with Gasteiger partial charge < -0.3 is 21.9 Å². The average Bonchev–Trinajstić information content (AvgIpc) is 3.33. The number of Topliss-reactive ketones (excluding diaryl/α,β-unsaturated/α-hetero) is 1. The van der Waals surface area contributed by atoms with E-state index in [0.717, 1.165) is 15.3 Å². The normalized spacial score (nSPS) is 20.2. The number of benzene rings is 1. The van der Waals surface area contributed by atoms with E-state index in [9.17, 15) is 23.1 Å². The Morgan fingerprint density at radius 1 is 1.38 bits per heavy atom. The van der Waals surface area contributed by atoms with Gasteiger partial charge in [0.25, 0.3) is 0 Å². The van der Waals surface area contributed by atoms with E-state index in [4.69, 9.17) is 11.5 Å². The number of β-amino-alcohol motifs (C(OH)–C–C–N with tert-alkyl or cyclic N) is 1. The number of ketones is 1. The third-order valence-corrected chi connectivity index (χ3v) is 7.35. The fourth-order valence-electron chi connectivity index (χ4n) is 3.56. The molecule has 1 amide bonds. The van der Waals surface area contributed by atoms with Gasteiger partial charge in [0, 0.05) is 19.5 Å². The number of nitrogens with one attached hydrogen (secondary N) is 1. The molecule has 2 heterocycles. The van der Waals surface area contributed by atoms with Gasteiger partial charge in [0.05, 0.1) is 28.6 Å². The van der Waals surface area contributed by atoms with Gasteiger partial charge in [0.1, 0.15) is 6.04 Å². The largest absolute Gasteiger partial charge is 0.392 e. The minimum absolute atomic E-state index is 0.0467. The summed E-state index contributed by atoms with van der Waals surface area (Å²) in [5.41, 5.74) is 11.3. The summed E-state index contributed by atoms with van der Waals surface area (Å²) in [5.74, 6) is -1.10. The number of nitrogens with two attached hydrogens (primary N) is 2. The summed E-state index contributed by atoms with van der Waals surface area (Å²) in [6, 6.07) is 5.25. The highest BCUT2D eigenvalue weighted by atomic mass is 32.2. The first-order chi connectivity index (χ1) is 15.1. The van der Waals surface area contributed by atoms with E-state index < -0.39 is 34.1 Å². The Morgan fingerprint density at radius 3 is 2.75 bits per heavy atom. The molecule has 0 bridgehead atoms. The van der Waals surface area contributed by atoms with Crippen LogP contribution in [0.1, 0.15) is 29.1 Å². The minimum Gasteiger partial charge on any atom is -0.392 e. The number of carbonyl (C=O) groups excluding carboxylic acids is 2. The Labute approximate surface area is 189 Å². The number of para-hydroxylation sites is 1. The van der Waals surface area contributed by atoms with Crippen molar-refractivity contribution in [3.8, 4) is 0 Å². The van der Waals surface area contributed by atoms with E-state index in [2.05, 4.69) is 15.3 Å². The van der Waals surface area contributed by atoms with Crippen molar-refractivity contribution in [1.29, 1.82) is 0 Å². The van der Waals surface area contributed by atoms with Gasteiger partial charge in [0.2, 0.25) is 21.7 Å². The number of carbonyl (C=O) groups is 2. The molecule has 0 saturated carbocycles. The summed E-state index contributed by atoms with van der Waals surface area (Å²) in [4.78, 5) is 34.4. The van der Waals surface area contributed by atoms with Crippen molar-refractivity contribution in [1.82, 2.24) is 14.6 Å². The number of guanidine groups is 1. The third kappa shape index (κ3) is 5.79. The van der Waals surface area contributed by atoms with Crippen LogP contribution in [0.2, 0.25) is 0 Å². The molecule has 3 unspecified atom stereocenters. The Hall–Kier alpha value is -2.61. The second-order valence-electron chi connectivity index (χ2n) is 7.60. The van der Waals surface area contributed by atoms with Gasteiger partial charge in [0.15, 0.2) is 11.0 Å². The Kier molecular flexibility index (Phi) is 7.44. The highest BCUT2D eigenvalue weighted by Gasteiger charge is 2.42. The zero-order valence-corrected chi connectivity index (χ0v) is 19.1. The first kappa shape index (κ1) is 24.0. The number of fused-ring (bicyclic) bond motifs is 1. The Bertz CT molecular complexity index is 1100. The van der Waals surface area contributed by atoms with Crippen LogP contribution < -0.4 is 16.8 Å². The molecule has 3 rings (SSSR count). The van der Waals surface area contributed by atoms with Gasteiger partial charge in [-0.25, -0.2) is 13.4 Å². The number of aliphatic hydroxyl groups is 1. The molecule has 11 nitrogen and oxygen atoms in total. The van der Waals surface area contributed by atoms with Crippen molar-refractivity contribution in [3.05, 3.63) is 29.3 Å². The second kappa shape index (κ2) is 9.90. The molecule has 2 aromatic rings. The monoisotopic (exact) mass is 482 g/mol. The minimum atomic E-state index is -3.71. The summed E-state index contributed by atoms with van der Waals surface area (Å²) < 4.78 is 25.8. The highest BCUT2D eigenvalue weighted by molar-refractivity contribution is 7.88. The number of nitrogens with zero attached hydrogens (tertiary/aromatic N) is 3. The van der Waals surface area contributed by atoms with Crippen LogP contribution in [0, 0.1) is 0 Å². The van der Waals surface area contributed by atoms with Crippen molar-refractivity contribution in [2.24, 2.45) is 16.5 Å². The van der Waals surface area contributed by atoms with Crippen LogP contribution in [0.15, 0.2) is 29.3 Å². The van der Waals surface area contributed by atoms with Crippen LogP contribution in [0.4, 0.5) is 0 Å². The van der Waals surface area contributed by atoms with Gasteiger partial charge in [-0.3, -0.25) is 14.6 Å². The molecular formula is C19H26N6O5S2. The third-order valence-electron chi connectivity index (χ3n) is 5.05. The number of aromatic nitrogens is 1. The topological polar surface area (TPSA) is 181 Å². The van der Waals surface area contributed by atoms with Crippen LogP contribution in [-0.4, -0.2) is 78.0 Å². The average molecular weight is 483 g/mol. The lowest BCUT2D eigenvalue weighted by atomic mass is 10.1. The number of rotatable bonds is 9. The molecule has 0 aliphatic carbocycles. The van der Waals surface area contributed by atoms with E-state index >= 15 is 0 Å². The van der Waals surface area contributed by atoms with Gasteiger partial charge in [-0.2, -0.15) is 4.31 Å². The Balaban J connectivity index is 1.80. The zero-order chi connectivity index (χ0) is 23.5. The molecule has 0 radical (unpaired) electrons. The molecule has 6 N–H and O–H groups in total. The van der Waals surface area contributed by atoms with E-state index in [1.807, 2.05) is 18.2 Å². The lowest BCUT2D eigenvalue weighted by Gasteiger charge is -2.24. The highest BCUT2D eigenvalue weighted by Crippen LogP contribution is 2.24. The van der Waals surface area contributed by atoms with E-state index in [1.54, 1.807) is 6.07 Å². The van der Waals surface area contributed by atoms with Crippen LogP contribution in [0.5, 0.6) is 0 Å². The molecule has 0 spiro atoms. The summed E-state index contributed by atoms with van der Waals surface area (Å²) in [6.07, 6.45) is 0.605. The number of aliphatic hydroxyl groups excluding tert-OH is 1. The molecule has 32 heavy (non-hydrogen) atoms. The standard InChI is InChI=1S/C19H26N6O5S2/c1-32(29,30)25-10-11(26)9-14(25)17(28)23-13(6-4-8-22-19(20)21)16(27)18-24-12-5-2-3-7-15(12)31-18/h2-3,5,7,11,13-14,26H,4,6,8-10H2,1H3,(H,23,28)(H4,20,21,22). The van der Waals surface area contributed by atoms with Crippen molar-refractivity contribution in [2.45, 2.75) is 37.5 Å². The van der Waals surface area contributed by atoms with Crippen molar-refractivity contribution < 1.29 is 23.1 Å². The maximum absolute atomic E-state index is 13.2. The number of amides is 1. The number of thiazole rings is 1. The molecular weight excluding hydrogens is 456 g/mol. The van der Waals surface area contributed by atoms with E-state index in [-0.39, 0.29) is 42.7 Å². The molecule has 13 heteroatoms. The van der Waals surface area contributed by atoms with Gasteiger partial charge >= 0.3 is 0 Å². The van der Waals surface area contributed by atoms with Crippen LogP contribution >= 0.6 is 11.3 Å². The molecule has 1 aliphatic rings. The maximum Gasteiger partial charge on any atom is 0.239 e. The summed E-state index contributed by atoms with van der Waals surface area (Å²) in [5, 5.41) is 12.8. The number of hydrogen-bond donors (Lipinski definition) is 4. The smallest absolute Gasteiger partial charge is 0.239 e. The maximum atomic E-state index is 13.2. The summed E-state index contributed by atoms with van der Waals surface area (Å²) >= 11 is 1.22. The zero-order valence-electron chi connectivity index (χ0n) is 17.5. The second-order valence-corrected chi connectivity index (χ2v) is 10.6. The molecule has 1 saturated heterocycles. The summed E-state index contributed by atoms with van der Waals surface area (Å²) in [6.45, 7) is 0.0946. The van der Waals surface area contributed by atoms with E-state index in [1.165, 1.54) is 11.3 Å². The van der Waals surface area contributed by atoms with Gasteiger partial charge in [-0.15, -0.1) is 11.3 Å². The van der Waals surface area contributed by atoms with Crippen molar-refractivity contribution in [2.75, 3.05) is 19.3 Å². The Morgan fingerprint density at radius 2 is 2.09 bits per heavy atom. The predicted molar refractivity (Wildman–Crippen MR) is 122 cm³/mol.